The van der Waals surface area contributed by atoms with E-state index in [0.717, 1.165) is 19.3 Å². The van der Waals surface area contributed by atoms with Crippen molar-refractivity contribution in [2.24, 2.45) is 11.3 Å². The Balaban J connectivity index is 1.27. The van der Waals surface area contributed by atoms with Gasteiger partial charge in [-0.15, -0.1) is 0 Å². The first-order valence-corrected chi connectivity index (χ1v) is 15.6. The molecule has 0 unspecified atom stereocenters. The Labute approximate surface area is 264 Å². The standard InChI is InChI=1S/C33H39F4N5O4/c1-28(2,34)27-38-26(41-46-27)31-13-10-30(11-14-31,12-15-31)19-42(25(43)21-17-32(45,18-21)33(35,36)37)22-7-5-6-20(16-22)23-8-9-24(40-39-23)29(3,4)44/h5-9,16,21,44-45H,10-15,17-19H2,1-4H3. The van der Waals surface area contributed by atoms with Gasteiger partial charge in [-0.1, -0.05) is 17.3 Å². The predicted octanol–water partition coefficient (Wildman–Crippen LogP) is 6.29. The smallest absolute Gasteiger partial charge is 0.384 e. The second-order valence-corrected chi connectivity index (χ2v) is 14.6. The SMILES string of the molecule is CC(C)(O)c1ccc(-c2cccc(N(CC34CCC(c5noc(C(C)(C)F)n5)(CC3)CC4)C(=O)C3CC(O)(C(F)(F)F)C3)c2)nn1. The lowest BCUT2D eigenvalue weighted by molar-refractivity contribution is -0.295. The molecule has 0 saturated heterocycles. The number of benzene rings is 1. The van der Waals surface area contributed by atoms with Crippen LogP contribution >= 0.6 is 0 Å². The average Bonchev–Trinajstić information content (AvgIpc) is 3.51. The van der Waals surface area contributed by atoms with Gasteiger partial charge in [-0.05, 0) is 109 Å². The largest absolute Gasteiger partial charge is 0.417 e. The molecule has 0 aliphatic heterocycles. The fourth-order valence-electron chi connectivity index (χ4n) is 7.18. The highest BCUT2D eigenvalue weighted by Crippen LogP contribution is 2.58. The summed E-state index contributed by atoms with van der Waals surface area (Å²) in [4.78, 5) is 20.0. The number of aromatic nitrogens is 4. The maximum Gasteiger partial charge on any atom is 0.417 e. The molecule has 4 fully saturated rings. The van der Waals surface area contributed by atoms with Crippen molar-refractivity contribution in [3.63, 3.8) is 0 Å². The zero-order valence-electron chi connectivity index (χ0n) is 26.4. The summed E-state index contributed by atoms with van der Waals surface area (Å²) in [5, 5.41) is 32.9. The molecular weight excluding hydrogens is 606 g/mol. The average molecular weight is 646 g/mol. The number of halogens is 4. The maximum atomic E-state index is 14.5. The van der Waals surface area contributed by atoms with E-state index in [1.807, 2.05) is 0 Å². The second-order valence-electron chi connectivity index (χ2n) is 14.6. The molecule has 2 N–H and O–H groups in total. The molecule has 1 aromatic carbocycles. The normalized spacial score (nSPS) is 28.2. The first-order chi connectivity index (χ1) is 21.3. The van der Waals surface area contributed by atoms with Crippen LogP contribution in [0.3, 0.4) is 0 Å². The summed E-state index contributed by atoms with van der Waals surface area (Å²) < 4.78 is 60.2. The molecule has 4 saturated carbocycles. The van der Waals surface area contributed by atoms with E-state index in [1.165, 1.54) is 13.8 Å². The van der Waals surface area contributed by atoms with Crippen LogP contribution in [-0.4, -0.2) is 54.8 Å². The maximum absolute atomic E-state index is 14.5. The van der Waals surface area contributed by atoms with Gasteiger partial charge in [-0.3, -0.25) is 4.79 Å². The number of alkyl halides is 4. The minimum Gasteiger partial charge on any atom is -0.384 e. The second kappa shape index (κ2) is 10.8. The summed E-state index contributed by atoms with van der Waals surface area (Å²) in [6.45, 7) is 6.23. The Morgan fingerprint density at radius 3 is 2.15 bits per heavy atom. The van der Waals surface area contributed by atoms with Crippen molar-refractivity contribution in [1.29, 1.82) is 0 Å². The third kappa shape index (κ3) is 5.80. The highest BCUT2D eigenvalue weighted by molar-refractivity contribution is 5.96. The van der Waals surface area contributed by atoms with Crippen LogP contribution in [0.1, 0.15) is 96.5 Å². The molecule has 9 nitrogen and oxygen atoms in total. The Kier molecular flexibility index (Phi) is 7.63. The summed E-state index contributed by atoms with van der Waals surface area (Å²) in [6.07, 6.45) is -1.89. The van der Waals surface area contributed by atoms with E-state index in [1.54, 1.807) is 55.1 Å². The van der Waals surface area contributed by atoms with Gasteiger partial charge in [0.05, 0.1) is 11.4 Å². The number of hydrogen-bond acceptors (Lipinski definition) is 8. The molecule has 2 bridgehead atoms. The van der Waals surface area contributed by atoms with Crippen molar-refractivity contribution in [3.8, 4) is 11.3 Å². The monoisotopic (exact) mass is 645 g/mol. The van der Waals surface area contributed by atoms with Crippen LogP contribution in [-0.2, 0) is 21.5 Å². The number of anilines is 1. The van der Waals surface area contributed by atoms with E-state index in [2.05, 4.69) is 20.3 Å². The quantitative estimate of drug-likeness (QED) is 0.274. The molecule has 248 valence electrons. The van der Waals surface area contributed by atoms with Gasteiger partial charge in [0.1, 0.15) is 5.60 Å². The molecule has 0 atom stereocenters. The molecule has 4 aliphatic carbocycles. The molecule has 2 aromatic heterocycles. The molecule has 4 aliphatic rings. The molecule has 3 aromatic rings. The van der Waals surface area contributed by atoms with Gasteiger partial charge in [-0.25, -0.2) is 4.39 Å². The Morgan fingerprint density at radius 1 is 0.978 bits per heavy atom. The van der Waals surface area contributed by atoms with Gasteiger partial charge in [0, 0.05) is 29.1 Å². The number of hydrogen-bond donors (Lipinski definition) is 2. The number of aliphatic hydroxyl groups is 2. The van der Waals surface area contributed by atoms with Crippen molar-refractivity contribution in [1.82, 2.24) is 20.3 Å². The van der Waals surface area contributed by atoms with Gasteiger partial charge < -0.3 is 19.6 Å². The zero-order chi connectivity index (χ0) is 33.3. The molecular formula is C33H39F4N5O4. The van der Waals surface area contributed by atoms with E-state index in [4.69, 9.17) is 4.52 Å². The molecule has 0 spiro atoms. The fourth-order valence-corrected chi connectivity index (χ4v) is 7.18. The van der Waals surface area contributed by atoms with Crippen molar-refractivity contribution >= 4 is 11.6 Å². The van der Waals surface area contributed by atoms with Crippen LogP contribution in [0.4, 0.5) is 23.2 Å². The van der Waals surface area contributed by atoms with E-state index in [0.29, 0.717) is 54.3 Å². The number of fused-ring (bicyclic) bond motifs is 3. The lowest BCUT2D eigenvalue weighted by Gasteiger charge is -2.54. The molecule has 7 rings (SSSR count). The first kappa shape index (κ1) is 32.5. The Hall–Kier alpha value is -3.45. The number of amides is 1. The Morgan fingerprint density at radius 2 is 1.63 bits per heavy atom. The minimum atomic E-state index is -4.82. The lowest BCUT2D eigenvalue weighted by atomic mass is 9.53. The van der Waals surface area contributed by atoms with Crippen LogP contribution < -0.4 is 4.90 Å². The van der Waals surface area contributed by atoms with Crippen molar-refractivity contribution in [3.05, 3.63) is 53.8 Å². The third-order valence-electron chi connectivity index (χ3n) is 10.4. The minimum absolute atomic E-state index is 0.0605. The van der Waals surface area contributed by atoms with Gasteiger partial charge >= 0.3 is 6.18 Å². The van der Waals surface area contributed by atoms with Gasteiger partial charge in [0.2, 0.25) is 5.91 Å². The summed E-state index contributed by atoms with van der Waals surface area (Å²) in [5.74, 6) is -1.00. The van der Waals surface area contributed by atoms with Crippen LogP contribution in [0, 0.1) is 11.3 Å². The first-order valence-electron chi connectivity index (χ1n) is 15.6. The summed E-state index contributed by atoms with van der Waals surface area (Å²) >= 11 is 0. The van der Waals surface area contributed by atoms with Gasteiger partial charge in [-0.2, -0.15) is 28.4 Å². The van der Waals surface area contributed by atoms with E-state index in [-0.39, 0.29) is 16.7 Å². The third-order valence-corrected chi connectivity index (χ3v) is 10.4. The molecule has 46 heavy (non-hydrogen) atoms. The lowest BCUT2D eigenvalue weighted by Crippen LogP contribution is -2.60. The van der Waals surface area contributed by atoms with E-state index < -0.39 is 47.7 Å². The molecule has 2 heterocycles. The summed E-state index contributed by atoms with van der Waals surface area (Å²) in [6, 6.07) is 10.5. The summed E-state index contributed by atoms with van der Waals surface area (Å²) in [7, 11) is 0. The summed E-state index contributed by atoms with van der Waals surface area (Å²) in [5.41, 5.74) is -4.39. The van der Waals surface area contributed by atoms with Crippen LogP contribution in [0.15, 0.2) is 40.9 Å². The fraction of sp³-hybridized carbons (Fsp3) is 0.606. The van der Waals surface area contributed by atoms with Gasteiger partial charge in [0.15, 0.2) is 17.1 Å². The van der Waals surface area contributed by atoms with Crippen molar-refractivity contribution in [2.45, 2.75) is 108 Å². The van der Waals surface area contributed by atoms with Gasteiger partial charge in [0.25, 0.3) is 5.89 Å². The van der Waals surface area contributed by atoms with Crippen LogP contribution in [0.2, 0.25) is 0 Å². The van der Waals surface area contributed by atoms with E-state index in [9.17, 15) is 32.6 Å². The van der Waals surface area contributed by atoms with Crippen LogP contribution in [0.25, 0.3) is 11.3 Å². The molecule has 1 amide bonds. The number of nitrogens with zero attached hydrogens (tertiary/aromatic N) is 5. The van der Waals surface area contributed by atoms with Crippen LogP contribution in [0.5, 0.6) is 0 Å². The number of carbonyl (C=O) groups is 1. The Bertz CT molecular complexity index is 1580. The van der Waals surface area contributed by atoms with Crippen molar-refractivity contribution in [2.75, 3.05) is 11.4 Å². The molecule has 0 radical (unpaired) electrons. The highest BCUT2D eigenvalue weighted by atomic mass is 19.4. The number of carbonyl (C=O) groups excluding carboxylic acids is 1. The predicted molar refractivity (Wildman–Crippen MR) is 159 cm³/mol. The zero-order valence-corrected chi connectivity index (χ0v) is 26.4. The highest BCUT2D eigenvalue weighted by Gasteiger charge is 2.63. The molecule has 13 heteroatoms. The topological polar surface area (TPSA) is 125 Å². The van der Waals surface area contributed by atoms with E-state index >= 15 is 0 Å². The number of rotatable bonds is 8. The van der Waals surface area contributed by atoms with Crippen molar-refractivity contribution < 1.29 is 37.1 Å².